The van der Waals surface area contributed by atoms with Crippen molar-refractivity contribution < 1.29 is 42.8 Å². The summed E-state index contributed by atoms with van der Waals surface area (Å²) in [7, 11) is 1.53. The SMILES string of the molecule is COCCOCn1cnc2c(ncn2[C@@H]2O[C@H](COC(C)=O)C(OC(C)=O)[C@@H]2OC(C)=O)c1=O. The summed E-state index contributed by atoms with van der Waals surface area (Å²) in [6, 6.07) is 0. The molecule has 1 aliphatic rings. The average molecular weight is 482 g/mol. The van der Waals surface area contributed by atoms with Crippen molar-refractivity contribution in [1.82, 2.24) is 19.1 Å². The first kappa shape index (κ1) is 25.3. The summed E-state index contributed by atoms with van der Waals surface area (Å²) >= 11 is 0. The molecule has 1 aliphatic heterocycles. The minimum absolute atomic E-state index is 0.0236. The largest absolute Gasteiger partial charge is 0.463 e. The Bertz CT molecular complexity index is 1100. The van der Waals surface area contributed by atoms with Gasteiger partial charge in [-0.3, -0.25) is 28.3 Å². The molecule has 2 aromatic heterocycles. The number of hydrogen-bond donors (Lipinski definition) is 0. The van der Waals surface area contributed by atoms with Gasteiger partial charge in [0.05, 0.1) is 19.5 Å². The van der Waals surface area contributed by atoms with E-state index >= 15 is 0 Å². The van der Waals surface area contributed by atoms with E-state index in [4.69, 9.17) is 28.4 Å². The predicted octanol–water partition coefficient (Wildman–Crippen LogP) is -0.463. The number of rotatable bonds is 10. The standard InChI is InChI=1S/C20H26N4O10/c1-11(25)31-7-14-16(32-12(2)26)17(33-13(3)27)20(34-14)24-9-21-15-18(24)22-8-23(19(15)28)10-30-6-5-29-4/h8-9,14,16-17,20H,5-7,10H2,1-4H3/t14-,16?,17+,20-/m1/s1. The molecule has 14 heteroatoms. The Balaban J connectivity index is 1.94. The third-order valence-electron chi connectivity index (χ3n) is 4.83. The highest BCUT2D eigenvalue weighted by atomic mass is 16.7. The second-order valence-corrected chi connectivity index (χ2v) is 7.39. The summed E-state index contributed by atoms with van der Waals surface area (Å²) in [5.41, 5.74) is -0.290. The number of fused-ring (bicyclic) bond motifs is 1. The van der Waals surface area contributed by atoms with E-state index < -0.39 is 48.0 Å². The Labute approximate surface area is 193 Å². The van der Waals surface area contributed by atoms with Crippen LogP contribution in [0.3, 0.4) is 0 Å². The van der Waals surface area contributed by atoms with Crippen LogP contribution in [0.2, 0.25) is 0 Å². The zero-order valence-electron chi connectivity index (χ0n) is 19.2. The van der Waals surface area contributed by atoms with Gasteiger partial charge in [0.2, 0.25) is 0 Å². The molecule has 3 heterocycles. The second-order valence-electron chi connectivity index (χ2n) is 7.39. The number of esters is 3. The summed E-state index contributed by atoms with van der Waals surface area (Å²) in [6.45, 7) is 3.94. The minimum Gasteiger partial charge on any atom is -0.463 e. The maximum absolute atomic E-state index is 12.8. The first-order valence-corrected chi connectivity index (χ1v) is 10.3. The van der Waals surface area contributed by atoms with Gasteiger partial charge >= 0.3 is 17.9 Å². The zero-order valence-corrected chi connectivity index (χ0v) is 19.2. The zero-order chi connectivity index (χ0) is 24.8. The van der Waals surface area contributed by atoms with Gasteiger partial charge in [-0.25, -0.2) is 9.97 Å². The van der Waals surface area contributed by atoms with Crippen LogP contribution in [0, 0.1) is 0 Å². The van der Waals surface area contributed by atoms with E-state index in [0.29, 0.717) is 6.61 Å². The Morgan fingerprint density at radius 2 is 1.71 bits per heavy atom. The Morgan fingerprint density at radius 3 is 2.35 bits per heavy atom. The van der Waals surface area contributed by atoms with Gasteiger partial charge < -0.3 is 28.4 Å². The normalized spacial score (nSPS) is 22.0. The predicted molar refractivity (Wildman–Crippen MR) is 111 cm³/mol. The lowest BCUT2D eigenvalue weighted by molar-refractivity contribution is -0.166. The number of imidazole rings is 1. The molecule has 0 saturated carbocycles. The third kappa shape index (κ3) is 5.76. The van der Waals surface area contributed by atoms with E-state index in [9.17, 15) is 19.2 Å². The third-order valence-corrected chi connectivity index (χ3v) is 4.83. The van der Waals surface area contributed by atoms with E-state index in [2.05, 4.69) is 9.97 Å². The highest BCUT2D eigenvalue weighted by Gasteiger charge is 2.51. The number of ether oxygens (including phenoxy) is 6. The summed E-state index contributed by atoms with van der Waals surface area (Å²) < 4.78 is 34.6. The van der Waals surface area contributed by atoms with Crippen molar-refractivity contribution in [2.45, 2.75) is 52.0 Å². The minimum atomic E-state index is -1.12. The molecule has 0 amide bonds. The molecule has 0 spiro atoms. The quantitative estimate of drug-likeness (QED) is 0.244. The molecular formula is C20H26N4O10. The smallest absolute Gasteiger partial charge is 0.303 e. The Morgan fingerprint density at radius 1 is 1.00 bits per heavy atom. The van der Waals surface area contributed by atoms with Crippen molar-refractivity contribution in [3.63, 3.8) is 0 Å². The number of methoxy groups -OCH3 is 1. The molecule has 3 rings (SSSR count). The van der Waals surface area contributed by atoms with Gasteiger partial charge in [0.25, 0.3) is 5.56 Å². The fourth-order valence-electron chi connectivity index (χ4n) is 3.45. The molecule has 0 bridgehead atoms. The average Bonchev–Trinajstić information content (AvgIpc) is 3.33. The molecule has 4 atom stereocenters. The van der Waals surface area contributed by atoms with Crippen LogP contribution in [-0.4, -0.2) is 82.3 Å². The highest BCUT2D eigenvalue weighted by Crippen LogP contribution is 2.35. The lowest BCUT2D eigenvalue weighted by atomic mass is 10.1. The molecule has 1 fully saturated rings. The van der Waals surface area contributed by atoms with Crippen LogP contribution >= 0.6 is 0 Å². The van der Waals surface area contributed by atoms with Crippen molar-refractivity contribution in [3.05, 3.63) is 23.0 Å². The molecule has 2 aromatic rings. The monoisotopic (exact) mass is 482 g/mol. The lowest BCUT2D eigenvalue weighted by Crippen LogP contribution is -2.40. The molecule has 1 unspecified atom stereocenters. The summed E-state index contributed by atoms with van der Waals surface area (Å²) in [5, 5.41) is 0. The topological polar surface area (TPSA) is 159 Å². The van der Waals surface area contributed by atoms with Crippen molar-refractivity contribution in [3.8, 4) is 0 Å². The van der Waals surface area contributed by atoms with Gasteiger partial charge in [-0.05, 0) is 0 Å². The fraction of sp³-hybridized carbons (Fsp3) is 0.600. The van der Waals surface area contributed by atoms with Crippen molar-refractivity contribution in [2.24, 2.45) is 0 Å². The Kier molecular flexibility index (Phi) is 8.31. The Hall–Kier alpha value is -3.36. The number of nitrogens with zero attached hydrogens (tertiary/aromatic N) is 4. The maximum Gasteiger partial charge on any atom is 0.303 e. The van der Waals surface area contributed by atoms with Crippen molar-refractivity contribution in [1.29, 1.82) is 0 Å². The molecule has 186 valence electrons. The molecule has 0 N–H and O–H groups in total. The molecule has 0 aliphatic carbocycles. The maximum atomic E-state index is 12.8. The summed E-state index contributed by atoms with van der Waals surface area (Å²) in [5.74, 6) is -1.87. The van der Waals surface area contributed by atoms with Crippen molar-refractivity contribution in [2.75, 3.05) is 26.9 Å². The number of carbonyl (C=O) groups excluding carboxylic acids is 3. The van der Waals surface area contributed by atoms with Gasteiger partial charge in [-0.1, -0.05) is 0 Å². The highest BCUT2D eigenvalue weighted by molar-refractivity contribution is 5.70. The molecular weight excluding hydrogens is 456 g/mol. The molecule has 1 saturated heterocycles. The number of hydrogen-bond acceptors (Lipinski definition) is 12. The van der Waals surface area contributed by atoms with E-state index in [0.717, 1.165) is 0 Å². The van der Waals surface area contributed by atoms with Gasteiger partial charge in [-0.15, -0.1) is 0 Å². The molecule has 0 radical (unpaired) electrons. The van der Waals surface area contributed by atoms with E-state index in [1.54, 1.807) is 0 Å². The lowest BCUT2D eigenvalue weighted by Gasteiger charge is -2.23. The fourth-order valence-corrected chi connectivity index (χ4v) is 3.45. The van der Waals surface area contributed by atoms with Crippen LogP contribution in [0.15, 0.2) is 17.4 Å². The first-order valence-electron chi connectivity index (χ1n) is 10.3. The van der Waals surface area contributed by atoms with Gasteiger partial charge in [0.15, 0.2) is 29.6 Å². The molecule has 14 nitrogen and oxygen atoms in total. The van der Waals surface area contributed by atoms with Crippen LogP contribution < -0.4 is 5.56 Å². The van der Waals surface area contributed by atoms with Crippen molar-refractivity contribution >= 4 is 29.1 Å². The molecule has 0 aromatic carbocycles. The number of aromatic nitrogens is 4. The van der Waals surface area contributed by atoms with E-state index in [1.165, 1.54) is 49.7 Å². The molecule has 34 heavy (non-hydrogen) atoms. The summed E-state index contributed by atoms with van der Waals surface area (Å²) in [4.78, 5) is 56.1. The van der Waals surface area contributed by atoms with Gasteiger partial charge in [0, 0.05) is 27.9 Å². The van der Waals surface area contributed by atoms with E-state index in [-0.39, 0.29) is 31.1 Å². The van der Waals surface area contributed by atoms with Crippen LogP contribution in [0.4, 0.5) is 0 Å². The van der Waals surface area contributed by atoms with Crippen LogP contribution in [0.5, 0.6) is 0 Å². The van der Waals surface area contributed by atoms with Crippen LogP contribution in [-0.2, 0) is 49.5 Å². The first-order chi connectivity index (χ1) is 16.2. The second kappa shape index (κ2) is 11.2. The summed E-state index contributed by atoms with van der Waals surface area (Å²) in [6.07, 6.45) is -1.65. The van der Waals surface area contributed by atoms with Gasteiger partial charge in [-0.2, -0.15) is 0 Å². The van der Waals surface area contributed by atoms with Crippen LogP contribution in [0.25, 0.3) is 11.2 Å². The van der Waals surface area contributed by atoms with Crippen LogP contribution in [0.1, 0.15) is 27.0 Å². The number of carbonyl (C=O) groups is 3. The van der Waals surface area contributed by atoms with E-state index in [1.807, 2.05) is 0 Å². The van der Waals surface area contributed by atoms with Gasteiger partial charge in [0.1, 0.15) is 25.8 Å².